The van der Waals surface area contributed by atoms with E-state index in [4.69, 9.17) is 9.84 Å². The summed E-state index contributed by atoms with van der Waals surface area (Å²) in [5, 5.41) is 8.39. The molecule has 0 aromatic heterocycles. The van der Waals surface area contributed by atoms with Gasteiger partial charge in [-0.05, 0) is 25.7 Å². The highest BCUT2D eigenvalue weighted by molar-refractivity contribution is 5.86. The molecule has 3 heteroatoms. The third-order valence-electron chi connectivity index (χ3n) is 2.67. The Morgan fingerprint density at radius 3 is 2.46 bits per heavy atom. The third-order valence-corrected chi connectivity index (χ3v) is 2.67. The summed E-state index contributed by atoms with van der Waals surface area (Å²) in [5.41, 5.74) is 0. The lowest BCUT2D eigenvalue weighted by molar-refractivity contribution is -0.130. The summed E-state index contributed by atoms with van der Waals surface area (Å²) in [5.74, 6) is 4.20. The predicted molar refractivity (Wildman–Crippen MR) is 46.0 cm³/mol. The molecule has 0 amide bonds. The molecule has 2 atom stereocenters. The van der Waals surface area contributed by atoms with Crippen molar-refractivity contribution in [3.63, 3.8) is 0 Å². The summed E-state index contributed by atoms with van der Waals surface area (Å²) in [6.07, 6.45) is 4.75. The van der Waals surface area contributed by atoms with Gasteiger partial charge in [-0.3, -0.25) is 0 Å². The first-order chi connectivity index (χ1) is 6.24. The van der Waals surface area contributed by atoms with Crippen molar-refractivity contribution in [2.75, 3.05) is 0 Å². The lowest BCUT2D eigenvalue weighted by Gasteiger charge is -2.24. The highest BCUT2D eigenvalue weighted by Gasteiger charge is 2.34. The Balaban J connectivity index is 1.96. The van der Waals surface area contributed by atoms with Gasteiger partial charge in [0.25, 0.3) is 0 Å². The lowest BCUT2D eigenvalue weighted by Crippen LogP contribution is -2.24. The van der Waals surface area contributed by atoms with Crippen molar-refractivity contribution < 1.29 is 14.6 Å². The van der Waals surface area contributed by atoms with Crippen molar-refractivity contribution in [2.24, 2.45) is 5.92 Å². The molecule has 2 fully saturated rings. The molecule has 0 saturated carbocycles. The predicted octanol–water partition coefficient (Wildman–Crippen LogP) is 1.03. The Kier molecular flexibility index (Phi) is 2.24. The van der Waals surface area contributed by atoms with E-state index >= 15 is 0 Å². The van der Waals surface area contributed by atoms with Gasteiger partial charge >= 0.3 is 5.97 Å². The van der Waals surface area contributed by atoms with Crippen LogP contribution in [-0.4, -0.2) is 23.3 Å². The van der Waals surface area contributed by atoms with Crippen molar-refractivity contribution in [3.8, 4) is 11.8 Å². The smallest absolute Gasteiger partial charge is 0.381 e. The van der Waals surface area contributed by atoms with Crippen LogP contribution in [0.3, 0.4) is 0 Å². The van der Waals surface area contributed by atoms with E-state index in [1.54, 1.807) is 0 Å². The van der Waals surface area contributed by atoms with Crippen LogP contribution in [-0.2, 0) is 9.53 Å². The molecule has 0 radical (unpaired) electrons. The normalized spacial score (nSPS) is 36.5. The lowest BCUT2D eigenvalue weighted by atomic mass is 9.96. The second kappa shape index (κ2) is 3.39. The van der Waals surface area contributed by atoms with Gasteiger partial charge in [0.1, 0.15) is 0 Å². The monoisotopic (exact) mass is 180 g/mol. The second-order valence-corrected chi connectivity index (χ2v) is 3.70. The molecule has 2 bridgehead atoms. The van der Waals surface area contributed by atoms with Crippen LogP contribution in [0.4, 0.5) is 0 Å². The Hall–Kier alpha value is -1.01. The zero-order chi connectivity index (χ0) is 9.26. The minimum Gasteiger partial charge on any atom is -0.472 e. The molecular weight excluding hydrogens is 168 g/mol. The van der Waals surface area contributed by atoms with Crippen LogP contribution in [0.2, 0.25) is 0 Å². The number of hydrogen-bond acceptors (Lipinski definition) is 2. The number of hydrogen-bond donors (Lipinski definition) is 1. The van der Waals surface area contributed by atoms with Crippen LogP contribution in [0, 0.1) is 17.8 Å². The van der Waals surface area contributed by atoms with E-state index < -0.39 is 5.97 Å². The van der Waals surface area contributed by atoms with E-state index in [0.717, 1.165) is 25.7 Å². The molecule has 0 aromatic carbocycles. The number of fused-ring (bicyclic) bond motifs is 2. The minimum atomic E-state index is -1.03. The first-order valence-corrected chi connectivity index (χ1v) is 4.64. The molecule has 1 N–H and O–H groups in total. The molecule has 0 aromatic rings. The molecule has 3 nitrogen and oxygen atoms in total. The number of carbonyl (C=O) groups is 1. The first-order valence-electron chi connectivity index (χ1n) is 4.64. The highest BCUT2D eigenvalue weighted by atomic mass is 16.5. The molecule has 2 aliphatic heterocycles. The van der Waals surface area contributed by atoms with Gasteiger partial charge in [-0.1, -0.05) is 5.92 Å². The van der Waals surface area contributed by atoms with Crippen LogP contribution in [0.25, 0.3) is 0 Å². The summed E-state index contributed by atoms with van der Waals surface area (Å²) in [7, 11) is 0. The van der Waals surface area contributed by atoms with E-state index in [2.05, 4.69) is 11.8 Å². The zero-order valence-corrected chi connectivity index (χ0v) is 7.32. The van der Waals surface area contributed by atoms with Crippen LogP contribution in [0.15, 0.2) is 0 Å². The zero-order valence-electron chi connectivity index (χ0n) is 7.32. The molecule has 2 heterocycles. The van der Waals surface area contributed by atoms with Crippen LogP contribution in [0.1, 0.15) is 25.7 Å². The number of carboxylic acids is 1. The molecule has 2 aliphatic rings. The maximum Gasteiger partial charge on any atom is 0.381 e. The van der Waals surface area contributed by atoms with Crippen LogP contribution >= 0.6 is 0 Å². The highest BCUT2D eigenvalue weighted by Crippen LogP contribution is 2.35. The van der Waals surface area contributed by atoms with Crippen molar-refractivity contribution >= 4 is 5.97 Å². The average molecular weight is 180 g/mol. The summed E-state index contributed by atoms with van der Waals surface area (Å²) < 4.78 is 5.62. The number of aliphatic carboxylic acids is 1. The van der Waals surface area contributed by atoms with Crippen molar-refractivity contribution in [1.29, 1.82) is 0 Å². The fraction of sp³-hybridized carbons (Fsp3) is 0.700. The van der Waals surface area contributed by atoms with Crippen molar-refractivity contribution in [3.05, 3.63) is 0 Å². The topological polar surface area (TPSA) is 46.5 Å². The van der Waals surface area contributed by atoms with Gasteiger partial charge in [-0.25, -0.2) is 4.79 Å². The van der Waals surface area contributed by atoms with Gasteiger partial charge in [-0.15, -0.1) is 0 Å². The van der Waals surface area contributed by atoms with Gasteiger partial charge < -0.3 is 9.84 Å². The van der Waals surface area contributed by atoms with E-state index in [9.17, 15) is 4.79 Å². The maximum atomic E-state index is 10.2. The molecular formula is C10H12O3. The van der Waals surface area contributed by atoms with E-state index in [0.29, 0.717) is 12.2 Å². The largest absolute Gasteiger partial charge is 0.472 e. The molecule has 2 unspecified atom stereocenters. The second-order valence-electron chi connectivity index (χ2n) is 3.70. The van der Waals surface area contributed by atoms with E-state index in [-0.39, 0.29) is 5.92 Å². The van der Waals surface area contributed by atoms with E-state index in [1.165, 1.54) is 0 Å². The van der Waals surface area contributed by atoms with Crippen molar-refractivity contribution in [2.45, 2.75) is 37.9 Å². The Bertz CT molecular complexity index is 262. The average Bonchev–Trinajstić information content (AvgIpc) is 2.42. The molecule has 0 aliphatic carbocycles. The maximum absolute atomic E-state index is 10.2. The standard InChI is InChI=1S/C10H12O3/c11-10(12)4-1-7-5-8-2-3-9(6-7)13-8/h7-9H,2-3,5-6H2,(H,11,12). The Morgan fingerprint density at radius 2 is 1.92 bits per heavy atom. The molecule has 70 valence electrons. The van der Waals surface area contributed by atoms with Gasteiger partial charge in [0.15, 0.2) is 0 Å². The number of ether oxygens (including phenoxy) is 1. The Labute approximate surface area is 77.1 Å². The molecule has 2 saturated heterocycles. The summed E-state index contributed by atoms with van der Waals surface area (Å²) in [6.45, 7) is 0. The van der Waals surface area contributed by atoms with Crippen LogP contribution in [0.5, 0.6) is 0 Å². The first kappa shape index (κ1) is 8.58. The SMILES string of the molecule is O=C(O)C#CC1CC2CCC(C1)O2. The molecule has 13 heavy (non-hydrogen) atoms. The van der Waals surface area contributed by atoms with Gasteiger partial charge in [0.2, 0.25) is 0 Å². The van der Waals surface area contributed by atoms with Gasteiger partial charge in [-0.2, -0.15) is 0 Å². The quantitative estimate of drug-likeness (QED) is 0.566. The summed E-state index contributed by atoms with van der Waals surface area (Å²) >= 11 is 0. The molecule has 0 spiro atoms. The number of rotatable bonds is 0. The van der Waals surface area contributed by atoms with E-state index in [1.807, 2.05) is 0 Å². The third kappa shape index (κ3) is 2.02. The minimum absolute atomic E-state index is 0.238. The number of carboxylic acid groups (broad SMARTS) is 1. The van der Waals surface area contributed by atoms with Crippen molar-refractivity contribution in [1.82, 2.24) is 0 Å². The summed E-state index contributed by atoms with van der Waals surface area (Å²) in [4.78, 5) is 10.2. The van der Waals surface area contributed by atoms with Crippen LogP contribution < -0.4 is 0 Å². The Morgan fingerprint density at radius 1 is 1.31 bits per heavy atom. The molecule has 2 rings (SSSR count). The van der Waals surface area contributed by atoms with Gasteiger partial charge in [0.05, 0.1) is 12.2 Å². The fourth-order valence-corrected chi connectivity index (χ4v) is 2.14. The fourth-order valence-electron chi connectivity index (χ4n) is 2.14. The van der Waals surface area contributed by atoms with Gasteiger partial charge in [0, 0.05) is 11.8 Å². The summed E-state index contributed by atoms with van der Waals surface area (Å²) in [6, 6.07) is 0.